The molecule has 1 saturated heterocycles. The van der Waals surface area contributed by atoms with E-state index in [0.29, 0.717) is 0 Å². The van der Waals surface area contributed by atoms with Crippen LogP contribution in [0, 0.1) is 10.8 Å². The molecule has 0 amide bonds. The Bertz CT molecular complexity index is 1470. The van der Waals surface area contributed by atoms with Gasteiger partial charge in [-0.05, 0) is 133 Å². The number of hydrogen-bond donors (Lipinski definition) is 0. The standard InChI is InChI=1S/C35H43IO3/c1-20-21(2)35(26-14-12-11-13-25(26)27(20)37-35)34-16-15-31(38-34,24(5)28(34)36)19-30(9,10)33-18-17-32(39-33,29(6,7)8)22(3)23(33)4/h11-16,27H,17-19H2,1-10H3. The second-order valence-corrected chi connectivity index (χ2v) is 16.0. The molecule has 1 aromatic rings. The fourth-order valence-corrected chi connectivity index (χ4v) is 10.9. The van der Waals surface area contributed by atoms with Crippen LogP contribution in [0.15, 0.2) is 67.9 Å². The second kappa shape index (κ2) is 7.40. The van der Waals surface area contributed by atoms with E-state index in [4.69, 9.17) is 14.2 Å². The third kappa shape index (κ3) is 2.64. The first-order valence-electron chi connectivity index (χ1n) is 14.7. The molecule has 4 heteroatoms. The average molecular weight is 639 g/mol. The third-order valence-electron chi connectivity index (χ3n) is 12.1. The SMILES string of the molecule is CC1=C(C)C2(C34C=CC(CC(C)(C)C56CCC(C(C)(C)C)(O5)C(C)=C6C)(O3)C(C)=C4I)OC1c1ccccc12. The summed E-state index contributed by atoms with van der Waals surface area (Å²) < 4.78 is 23.1. The van der Waals surface area contributed by atoms with Gasteiger partial charge in [-0.2, -0.15) is 0 Å². The molecule has 1 fully saturated rings. The number of ether oxygens (including phenoxy) is 3. The summed E-state index contributed by atoms with van der Waals surface area (Å²) in [5, 5.41) is 0. The zero-order chi connectivity index (χ0) is 28.2. The van der Waals surface area contributed by atoms with Crippen LogP contribution >= 0.6 is 22.6 Å². The molecule has 39 heavy (non-hydrogen) atoms. The average Bonchev–Trinajstić information content (AvgIpc) is 3.67. The molecule has 0 N–H and O–H groups in total. The van der Waals surface area contributed by atoms with Gasteiger partial charge in [-0.3, -0.25) is 0 Å². The van der Waals surface area contributed by atoms with Crippen LogP contribution < -0.4 is 0 Å². The zero-order valence-electron chi connectivity index (χ0n) is 25.3. The number of hydrogen-bond acceptors (Lipinski definition) is 3. The molecule has 0 aliphatic carbocycles. The van der Waals surface area contributed by atoms with Crippen molar-refractivity contribution < 1.29 is 14.2 Å². The summed E-state index contributed by atoms with van der Waals surface area (Å²) in [7, 11) is 0. The molecular weight excluding hydrogens is 595 g/mol. The van der Waals surface area contributed by atoms with E-state index in [9.17, 15) is 0 Å². The lowest BCUT2D eigenvalue weighted by Gasteiger charge is -2.48. The zero-order valence-corrected chi connectivity index (χ0v) is 27.4. The molecule has 6 unspecified atom stereocenters. The topological polar surface area (TPSA) is 27.7 Å². The number of fused-ring (bicyclic) bond motifs is 10. The van der Waals surface area contributed by atoms with E-state index in [1.165, 1.54) is 42.6 Å². The Balaban J connectivity index is 1.31. The fourth-order valence-electron chi connectivity index (χ4n) is 9.72. The van der Waals surface area contributed by atoms with Crippen molar-refractivity contribution in [2.45, 2.75) is 123 Å². The minimum atomic E-state index is -0.653. The van der Waals surface area contributed by atoms with Gasteiger partial charge in [0.05, 0.1) is 11.2 Å². The molecule has 208 valence electrons. The highest BCUT2D eigenvalue weighted by Crippen LogP contribution is 2.72. The van der Waals surface area contributed by atoms with Gasteiger partial charge in [-0.25, -0.2) is 0 Å². The Morgan fingerprint density at radius 3 is 2.13 bits per heavy atom. The molecule has 1 aromatic carbocycles. The first kappa shape index (κ1) is 26.7. The molecule has 6 aliphatic rings. The molecule has 7 rings (SSSR count). The molecule has 6 atom stereocenters. The second-order valence-electron chi connectivity index (χ2n) is 14.9. The van der Waals surface area contributed by atoms with Crippen molar-refractivity contribution in [1.82, 2.24) is 0 Å². The molecule has 3 nitrogen and oxygen atoms in total. The van der Waals surface area contributed by atoms with Gasteiger partial charge in [0.25, 0.3) is 0 Å². The Morgan fingerprint density at radius 1 is 0.821 bits per heavy atom. The van der Waals surface area contributed by atoms with Crippen LogP contribution in [0.1, 0.15) is 106 Å². The summed E-state index contributed by atoms with van der Waals surface area (Å²) in [6, 6.07) is 8.77. The van der Waals surface area contributed by atoms with Crippen molar-refractivity contribution in [3.63, 3.8) is 0 Å². The minimum absolute atomic E-state index is 0.00896. The van der Waals surface area contributed by atoms with Crippen molar-refractivity contribution >= 4 is 22.6 Å². The van der Waals surface area contributed by atoms with Crippen LogP contribution in [0.2, 0.25) is 0 Å². The van der Waals surface area contributed by atoms with Gasteiger partial charge in [0.15, 0.2) is 11.2 Å². The first-order chi connectivity index (χ1) is 18.1. The van der Waals surface area contributed by atoms with Gasteiger partial charge in [-0.15, -0.1) is 0 Å². The highest BCUT2D eigenvalue weighted by Gasteiger charge is 2.74. The minimum Gasteiger partial charge on any atom is -0.359 e. The van der Waals surface area contributed by atoms with E-state index in [1.54, 1.807) is 0 Å². The molecule has 0 radical (unpaired) electrons. The lowest BCUT2D eigenvalue weighted by molar-refractivity contribution is -0.177. The van der Waals surface area contributed by atoms with E-state index in [0.717, 1.165) is 19.3 Å². The maximum Gasteiger partial charge on any atom is 0.156 e. The molecule has 0 aromatic heterocycles. The normalized spacial score (nSPS) is 42.2. The van der Waals surface area contributed by atoms with Crippen LogP contribution in [0.3, 0.4) is 0 Å². The molecular formula is C35H43IO3. The van der Waals surface area contributed by atoms with Crippen LogP contribution in [0.4, 0.5) is 0 Å². The Morgan fingerprint density at radius 2 is 1.46 bits per heavy atom. The van der Waals surface area contributed by atoms with E-state index in [1.807, 2.05) is 0 Å². The quantitative estimate of drug-likeness (QED) is 0.243. The number of benzene rings is 1. The van der Waals surface area contributed by atoms with Crippen LogP contribution in [-0.4, -0.2) is 22.4 Å². The lowest BCUT2D eigenvalue weighted by Crippen LogP contribution is -2.52. The Hall–Kier alpha value is -1.21. The van der Waals surface area contributed by atoms with Crippen molar-refractivity contribution in [2.24, 2.45) is 10.8 Å². The van der Waals surface area contributed by atoms with Gasteiger partial charge in [-0.1, -0.05) is 58.9 Å². The third-order valence-corrected chi connectivity index (χ3v) is 13.7. The summed E-state index contributed by atoms with van der Waals surface area (Å²) >= 11 is 2.57. The summed E-state index contributed by atoms with van der Waals surface area (Å²) in [4.78, 5) is 0. The number of halogens is 1. The van der Waals surface area contributed by atoms with Gasteiger partial charge in [0.1, 0.15) is 11.7 Å². The molecule has 6 bridgehead atoms. The van der Waals surface area contributed by atoms with Crippen LogP contribution in [-0.2, 0) is 19.8 Å². The van der Waals surface area contributed by atoms with Gasteiger partial charge in [0, 0.05) is 8.99 Å². The highest BCUT2D eigenvalue weighted by atomic mass is 127. The fraction of sp³-hybridized carbons (Fsp3) is 0.600. The van der Waals surface area contributed by atoms with Crippen molar-refractivity contribution in [3.8, 4) is 0 Å². The lowest BCUT2D eigenvalue weighted by atomic mass is 9.59. The first-order valence-corrected chi connectivity index (χ1v) is 15.8. The van der Waals surface area contributed by atoms with E-state index >= 15 is 0 Å². The van der Waals surface area contributed by atoms with Crippen molar-refractivity contribution in [2.75, 3.05) is 0 Å². The largest absolute Gasteiger partial charge is 0.359 e. The molecule has 6 aliphatic heterocycles. The van der Waals surface area contributed by atoms with Crippen molar-refractivity contribution in [1.29, 1.82) is 0 Å². The maximum atomic E-state index is 7.48. The highest BCUT2D eigenvalue weighted by molar-refractivity contribution is 14.1. The predicted molar refractivity (Wildman–Crippen MR) is 165 cm³/mol. The van der Waals surface area contributed by atoms with Crippen LogP contribution in [0.25, 0.3) is 0 Å². The number of rotatable bonds is 4. The smallest absolute Gasteiger partial charge is 0.156 e. The Kier molecular flexibility index (Phi) is 5.06. The van der Waals surface area contributed by atoms with Gasteiger partial charge >= 0.3 is 0 Å². The molecule has 0 saturated carbocycles. The monoisotopic (exact) mass is 638 g/mol. The summed E-state index contributed by atoms with van der Waals surface area (Å²) in [5.74, 6) is 0. The summed E-state index contributed by atoms with van der Waals surface area (Å²) in [6.07, 6.45) is 7.73. The van der Waals surface area contributed by atoms with Crippen molar-refractivity contribution in [3.05, 3.63) is 79.0 Å². The molecule has 6 heterocycles. The summed E-state index contributed by atoms with van der Waals surface area (Å²) in [5.41, 5.74) is 7.06. The maximum absolute atomic E-state index is 7.48. The molecule has 0 spiro atoms. The van der Waals surface area contributed by atoms with Gasteiger partial charge < -0.3 is 14.2 Å². The van der Waals surface area contributed by atoms with E-state index < -0.39 is 16.8 Å². The van der Waals surface area contributed by atoms with E-state index in [2.05, 4.69) is 128 Å². The van der Waals surface area contributed by atoms with E-state index in [-0.39, 0.29) is 28.1 Å². The Labute approximate surface area is 248 Å². The van der Waals surface area contributed by atoms with Gasteiger partial charge in [0.2, 0.25) is 0 Å². The summed E-state index contributed by atoms with van der Waals surface area (Å²) in [6.45, 7) is 23.3. The predicted octanol–water partition coefficient (Wildman–Crippen LogP) is 9.19. The van der Waals surface area contributed by atoms with Crippen LogP contribution in [0.5, 0.6) is 0 Å².